The quantitative estimate of drug-likeness (QED) is 0.161. The number of aliphatic hydroxyl groups is 1. The van der Waals surface area contributed by atoms with Gasteiger partial charge in [-0.05, 0) is 12.3 Å². The second-order valence-electron chi connectivity index (χ2n) is 9.48. The van der Waals surface area contributed by atoms with E-state index in [1.54, 1.807) is 0 Å². The number of hydrogen-bond acceptors (Lipinski definition) is 1. The molecule has 170 valence electrons. The lowest BCUT2D eigenvalue weighted by Gasteiger charge is -2.11. The summed E-state index contributed by atoms with van der Waals surface area (Å²) in [5.74, 6) is 0.921. The Labute approximate surface area is 179 Å². The van der Waals surface area contributed by atoms with E-state index in [-0.39, 0.29) is 0 Å². The topological polar surface area (TPSA) is 20.2 Å². The molecule has 0 aliphatic rings. The number of aliphatic hydroxyl groups excluding tert-OH is 1. The van der Waals surface area contributed by atoms with Crippen molar-refractivity contribution in [3.05, 3.63) is 0 Å². The van der Waals surface area contributed by atoms with E-state index in [2.05, 4.69) is 13.8 Å². The predicted octanol–water partition coefficient (Wildman–Crippen LogP) is 9.61. The minimum absolute atomic E-state index is 0.371. The molecule has 1 unspecified atom stereocenters. The standard InChI is InChI=1S/C27H56O/c1-3-4-5-6-7-8-9-10-11-12-13-14-15-16-18-21-24-27(2)25-22-19-17-20-23-26-28/h27-28H,3-26H2,1-2H3. The second kappa shape index (κ2) is 25.0. The smallest absolute Gasteiger partial charge is 0.0431 e. The third kappa shape index (κ3) is 24.0. The van der Waals surface area contributed by atoms with Gasteiger partial charge >= 0.3 is 0 Å². The highest BCUT2D eigenvalue weighted by Crippen LogP contribution is 2.19. The predicted molar refractivity (Wildman–Crippen MR) is 128 cm³/mol. The van der Waals surface area contributed by atoms with Crippen molar-refractivity contribution < 1.29 is 5.11 Å². The maximum absolute atomic E-state index is 8.78. The Hall–Kier alpha value is -0.0400. The molecule has 0 aromatic carbocycles. The molecule has 0 amide bonds. The molecular weight excluding hydrogens is 340 g/mol. The van der Waals surface area contributed by atoms with Gasteiger partial charge in [-0.25, -0.2) is 0 Å². The van der Waals surface area contributed by atoms with Gasteiger partial charge in [0.1, 0.15) is 0 Å². The van der Waals surface area contributed by atoms with Crippen molar-refractivity contribution in [1.29, 1.82) is 0 Å². The molecule has 1 atom stereocenters. The minimum Gasteiger partial charge on any atom is -0.396 e. The van der Waals surface area contributed by atoms with Gasteiger partial charge in [0, 0.05) is 6.61 Å². The Kier molecular flexibility index (Phi) is 25.0. The first kappa shape index (κ1) is 28.0. The van der Waals surface area contributed by atoms with Crippen LogP contribution in [0.2, 0.25) is 0 Å². The second-order valence-corrected chi connectivity index (χ2v) is 9.48. The van der Waals surface area contributed by atoms with E-state index in [4.69, 9.17) is 5.11 Å². The zero-order valence-electron chi connectivity index (χ0n) is 20.0. The van der Waals surface area contributed by atoms with Crippen molar-refractivity contribution >= 4 is 0 Å². The van der Waals surface area contributed by atoms with Gasteiger partial charge in [0.25, 0.3) is 0 Å². The highest BCUT2D eigenvalue weighted by Gasteiger charge is 2.02. The molecule has 0 bridgehead atoms. The summed E-state index contributed by atoms with van der Waals surface area (Å²) in [4.78, 5) is 0. The number of rotatable bonds is 24. The van der Waals surface area contributed by atoms with E-state index >= 15 is 0 Å². The summed E-state index contributed by atoms with van der Waals surface area (Å²) < 4.78 is 0. The Morgan fingerprint density at radius 1 is 0.429 bits per heavy atom. The fourth-order valence-corrected chi connectivity index (χ4v) is 4.32. The lowest BCUT2D eigenvalue weighted by atomic mass is 9.96. The molecule has 0 aromatic heterocycles. The number of hydrogen-bond donors (Lipinski definition) is 1. The largest absolute Gasteiger partial charge is 0.396 e. The molecule has 0 rings (SSSR count). The van der Waals surface area contributed by atoms with Gasteiger partial charge in [0.15, 0.2) is 0 Å². The molecule has 0 aliphatic heterocycles. The van der Waals surface area contributed by atoms with E-state index < -0.39 is 0 Å². The Morgan fingerprint density at radius 3 is 1.04 bits per heavy atom. The highest BCUT2D eigenvalue weighted by atomic mass is 16.2. The first-order chi connectivity index (χ1) is 13.8. The fraction of sp³-hybridized carbons (Fsp3) is 1.00. The van der Waals surface area contributed by atoms with E-state index in [9.17, 15) is 0 Å². The average molecular weight is 397 g/mol. The maximum Gasteiger partial charge on any atom is 0.0431 e. The van der Waals surface area contributed by atoms with E-state index in [0.29, 0.717) is 6.61 Å². The summed E-state index contributed by atoms with van der Waals surface area (Å²) in [6, 6.07) is 0. The van der Waals surface area contributed by atoms with E-state index in [1.165, 1.54) is 141 Å². The first-order valence-electron chi connectivity index (χ1n) is 13.4. The van der Waals surface area contributed by atoms with Gasteiger partial charge < -0.3 is 5.11 Å². The van der Waals surface area contributed by atoms with E-state index in [0.717, 1.165) is 12.3 Å². The van der Waals surface area contributed by atoms with Crippen LogP contribution in [0.15, 0.2) is 0 Å². The normalized spacial score (nSPS) is 12.5. The van der Waals surface area contributed by atoms with Crippen molar-refractivity contribution in [2.75, 3.05) is 6.61 Å². The summed E-state index contributed by atoms with van der Waals surface area (Å²) >= 11 is 0. The molecule has 0 aliphatic carbocycles. The molecule has 1 heteroatoms. The third-order valence-electron chi connectivity index (χ3n) is 6.41. The van der Waals surface area contributed by atoms with E-state index in [1.807, 2.05) is 0 Å². The van der Waals surface area contributed by atoms with Gasteiger partial charge in [-0.1, -0.05) is 155 Å². The van der Waals surface area contributed by atoms with Crippen molar-refractivity contribution in [2.45, 2.75) is 162 Å². The van der Waals surface area contributed by atoms with Gasteiger partial charge in [0.2, 0.25) is 0 Å². The lowest BCUT2D eigenvalue weighted by molar-refractivity contribution is 0.282. The molecule has 1 nitrogen and oxygen atoms in total. The summed E-state index contributed by atoms with van der Waals surface area (Å²) in [6.45, 7) is 5.11. The highest BCUT2D eigenvalue weighted by molar-refractivity contribution is 4.56. The van der Waals surface area contributed by atoms with Gasteiger partial charge in [0.05, 0.1) is 0 Å². The van der Waals surface area contributed by atoms with Crippen LogP contribution in [-0.4, -0.2) is 11.7 Å². The van der Waals surface area contributed by atoms with Crippen molar-refractivity contribution in [1.82, 2.24) is 0 Å². The Morgan fingerprint density at radius 2 is 0.714 bits per heavy atom. The fourth-order valence-electron chi connectivity index (χ4n) is 4.32. The third-order valence-corrected chi connectivity index (χ3v) is 6.41. The summed E-state index contributed by atoms with van der Waals surface area (Å²) in [7, 11) is 0. The molecule has 0 aromatic rings. The monoisotopic (exact) mass is 396 g/mol. The van der Waals surface area contributed by atoms with Gasteiger partial charge in [-0.15, -0.1) is 0 Å². The Bertz CT molecular complexity index is 263. The minimum atomic E-state index is 0.371. The van der Waals surface area contributed by atoms with Crippen LogP contribution in [0.4, 0.5) is 0 Å². The number of unbranched alkanes of at least 4 members (excludes halogenated alkanes) is 19. The van der Waals surface area contributed by atoms with Crippen LogP contribution >= 0.6 is 0 Å². The molecule has 1 N–H and O–H groups in total. The maximum atomic E-state index is 8.78. The lowest BCUT2D eigenvalue weighted by Crippen LogP contribution is -1.95. The zero-order valence-corrected chi connectivity index (χ0v) is 20.0. The molecule has 28 heavy (non-hydrogen) atoms. The summed E-state index contributed by atoms with van der Waals surface area (Å²) in [5, 5.41) is 8.78. The molecular formula is C27H56O. The van der Waals surface area contributed by atoms with Crippen LogP contribution in [0.1, 0.15) is 162 Å². The molecule has 0 saturated heterocycles. The molecule has 0 heterocycles. The van der Waals surface area contributed by atoms with Crippen LogP contribution in [0.3, 0.4) is 0 Å². The molecule has 0 fully saturated rings. The van der Waals surface area contributed by atoms with Gasteiger partial charge in [-0.3, -0.25) is 0 Å². The Balaban J connectivity index is 3.09. The molecule has 0 radical (unpaired) electrons. The van der Waals surface area contributed by atoms with Gasteiger partial charge in [-0.2, -0.15) is 0 Å². The summed E-state index contributed by atoms with van der Waals surface area (Å²) in [6.07, 6.45) is 32.5. The van der Waals surface area contributed by atoms with Crippen molar-refractivity contribution in [3.8, 4) is 0 Å². The van der Waals surface area contributed by atoms with Crippen molar-refractivity contribution in [3.63, 3.8) is 0 Å². The zero-order chi connectivity index (χ0) is 20.5. The van der Waals surface area contributed by atoms with Crippen LogP contribution < -0.4 is 0 Å². The first-order valence-corrected chi connectivity index (χ1v) is 13.4. The van der Waals surface area contributed by atoms with Crippen LogP contribution in [0.5, 0.6) is 0 Å². The average Bonchev–Trinajstić information content (AvgIpc) is 2.70. The summed E-state index contributed by atoms with van der Waals surface area (Å²) in [5.41, 5.74) is 0. The molecule has 0 spiro atoms. The SMILES string of the molecule is CCCCCCCCCCCCCCCCCCC(C)CCCCCCCO. The van der Waals surface area contributed by atoms with Crippen LogP contribution in [-0.2, 0) is 0 Å². The van der Waals surface area contributed by atoms with Crippen molar-refractivity contribution in [2.24, 2.45) is 5.92 Å². The van der Waals surface area contributed by atoms with Crippen LogP contribution in [0, 0.1) is 5.92 Å². The van der Waals surface area contributed by atoms with Crippen LogP contribution in [0.25, 0.3) is 0 Å². The molecule has 0 saturated carbocycles.